The number of para-hydroxylation sites is 1. The van der Waals surface area contributed by atoms with E-state index in [0.29, 0.717) is 5.75 Å². The predicted molar refractivity (Wildman–Crippen MR) is 76.9 cm³/mol. The van der Waals surface area contributed by atoms with Crippen molar-refractivity contribution in [1.29, 1.82) is 0 Å². The van der Waals surface area contributed by atoms with Crippen molar-refractivity contribution in [2.45, 2.75) is 12.5 Å². The second kappa shape index (κ2) is 7.69. The molecule has 1 amide bonds. The van der Waals surface area contributed by atoms with E-state index < -0.39 is 12.0 Å². The van der Waals surface area contributed by atoms with Crippen molar-refractivity contribution in [3.05, 3.63) is 60.2 Å². The first-order chi connectivity index (χ1) is 10.2. The Morgan fingerprint density at radius 1 is 1.09 bits per heavy atom. The number of carbonyl (C=O) groups is 1. The van der Waals surface area contributed by atoms with Crippen LogP contribution in [0.4, 0.5) is 0 Å². The molecule has 0 aliphatic rings. The Kier molecular flexibility index (Phi) is 5.68. The Labute approximate surface area is 122 Å². The van der Waals surface area contributed by atoms with E-state index >= 15 is 0 Å². The maximum atomic E-state index is 10.9. The molecule has 0 radical (unpaired) electrons. The van der Waals surface area contributed by atoms with Crippen LogP contribution in [0.15, 0.2) is 54.6 Å². The molecule has 0 saturated carbocycles. The summed E-state index contributed by atoms with van der Waals surface area (Å²) < 4.78 is 5.64. The molecule has 2 aromatic rings. The molecular formula is C16H14FmNO4-. The second-order valence-electron chi connectivity index (χ2n) is 4.40. The third-order valence-electron chi connectivity index (χ3n) is 2.87. The molecule has 0 aromatic heterocycles. The van der Waals surface area contributed by atoms with Crippen LogP contribution in [0.2, 0.25) is 0 Å². The maximum Gasteiger partial charge on any atom is 0.323 e. The molecule has 22 heavy (non-hydrogen) atoms. The smallest absolute Gasteiger partial charge is 0.323 e. The van der Waals surface area contributed by atoms with Crippen molar-refractivity contribution in [2.75, 3.05) is 0 Å². The summed E-state index contributed by atoms with van der Waals surface area (Å²) in [5.41, 5.74) is 0.783. The van der Waals surface area contributed by atoms with Crippen LogP contribution in [0.5, 0.6) is 11.5 Å². The summed E-state index contributed by atoms with van der Waals surface area (Å²) >= 11 is 0. The van der Waals surface area contributed by atoms with Crippen LogP contribution in [0.25, 0.3) is 0 Å². The fraction of sp³-hybridized carbons (Fsp3) is 0.125. The van der Waals surface area contributed by atoms with E-state index in [1.807, 2.05) is 30.3 Å². The molecular weight excluding hydrogens is 527 g/mol. The van der Waals surface area contributed by atoms with E-state index in [1.165, 1.54) is 6.41 Å². The Morgan fingerprint density at radius 2 is 1.68 bits per heavy atom. The standard InChI is InChI=1S/C16H14NO4.Fm/c18-11-17-15(16(19)20)10-12-6-8-14(9-7-12)21-13-4-2-1-3-5-13;/h1-9,15H,10H2,(H,17,18)(H,19,20);/q-1;. The largest absolute Gasteiger partial charge is 0.520 e. The summed E-state index contributed by atoms with van der Waals surface area (Å²) in [5, 5.41) is 11.1. The van der Waals surface area contributed by atoms with E-state index in [0.717, 1.165) is 11.3 Å². The number of carbonyl (C=O) groups excluding carboxylic acids is 1. The number of hydrogen-bond acceptors (Lipinski definition) is 3. The van der Waals surface area contributed by atoms with Gasteiger partial charge in [0.15, 0.2) is 0 Å². The van der Waals surface area contributed by atoms with Crippen molar-refractivity contribution in [2.24, 2.45) is 0 Å². The number of carboxylic acids is 1. The van der Waals surface area contributed by atoms with Crippen LogP contribution in [-0.4, -0.2) is 23.5 Å². The molecule has 2 N–H and O–H groups in total. The molecule has 2 aromatic carbocycles. The first-order valence-corrected chi connectivity index (χ1v) is 6.36. The number of benzene rings is 2. The van der Waals surface area contributed by atoms with Crippen molar-refractivity contribution >= 4 is 12.4 Å². The molecule has 6 heteroatoms. The van der Waals surface area contributed by atoms with Gasteiger partial charge in [-0.15, -0.1) is 0 Å². The molecule has 0 saturated heterocycles. The quantitative estimate of drug-likeness (QED) is 0.417. The monoisotopic (exact) mass is 541 g/mol. The molecule has 0 heterocycles. The Balaban J connectivity index is 0.00000242. The average molecular weight is 541 g/mol. The molecule has 5 nitrogen and oxygen atoms in total. The number of ether oxygens (including phenoxy) is 1. The summed E-state index contributed by atoms with van der Waals surface area (Å²) in [6, 6.07) is 15.4. The fourth-order valence-electron chi connectivity index (χ4n) is 1.83. The summed E-state index contributed by atoms with van der Waals surface area (Å²) in [5.74, 6) is 0.292. The van der Waals surface area contributed by atoms with Crippen molar-refractivity contribution in [3.8, 4) is 11.5 Å². The molecule has 0 bridgehead atoms. The predicted octanol–water partition coefficient (Wildman–Crippen LogP) is 2.13. The minimum absolute atomic E-state index is 0. The van der Waals surface area contributed by atoms with E-state index in [1.54, 1.807) is 24.3 Å². The van der Waals surface area contributed by atoms with Crippen LogP contribution < -0.4 is 10.1 Å². The van der Waals surface area contributed by atoms with Gasteiger partial charge in [-0.25, -0.2) is 0 Å². The molecule has 2 rings (SSSR count). The zero-order chi connectivity index (χ0) is 15.1. The van der Waals surface area contributed by atoms with Gasteiger partial charge < -0.3 is 20.0 Å². The van der Waals surface area contributed by atoms with Gasteiger partial charge in [0, 0.05) is 6.42 Å². The van der Waals surface area contributed by atoms with Crippen LogP contribution in [0, 0.1) is 0 Å². The number of aliphatic carboxylic acids is 1. The third-order valence-corrected chi connectivity index (χ3v) is 2.87. The second-order valence-corrected chi connectivity index (χ2v) is 4.40. The Hall–Kier alpha value is -3.82. The van der Waals surface area contributed by atoms with Gasteiger partial charge >= 0.3 is 5.97 Å². The topological polar surface area (TPSA) is 75.6 Å². The Morgan fingerprint density at radius 3 is 2.23 bits per heavy atom. The normalized spacial score (nSPS) is 10.9. The number of nitrogens with one attached hydrogen (secondary N) is 1. The average Bonchev–Trinajstić information content (AvgIpc) is 2.49. The Bertz CT molecular complexity index is 601. The van der Waals surface area contributed by atoms with E-state index in [9.17, 15) is 9.59 Å². The van der Waals surface area contributed by atoms with Crippen LogP contribution in [-0.2, 0) is 16.0 Å². The van der Waals surface area contributed by atoms with Gasteiger partial charge in [-0.05, 0) is 29.8 Å². The minimum atomic E-state index is -1.09. The van der Waals surface area contributed by atoms with Crippen molar-refractivity contribution < 1.29 is 19.4 Å². The molecule has 0 aliphatic heterocycles. The summed E-state index contributed by atoms with van der Waals surface area (Å²) in [4.78, 5) is 21.2. The van der Waals surface area contributed by atoms with E-state index in [4.69, 9.17) is 9.84 Å². The SMILES string of the molecule is O=[C-]NC(Cc1ccc(Oc2ccccc2)cc1)C(=O)O.[Fm]. The van der Waals surface area contributed by atoms with Gasteiger partial charge in [0.1, 0.15) is 17.5 Å². The van der Waals surface area contributed by atoms with Crippen LogP contribution >= 0.6 is 0 Å². The first kappa shape index (κ1) is 16.2. The van der Waals surface area contributed by atoms with Gasteiger partial charge in [0.25, 0.3) is 0 Å². The molecule has 120 valence electrons. The first-order valence-electron chi connectivity index (χ1n) is 6.36. The molecule has 0 spiro atoms. The molecule has 0 fully saturated rings. The number of hydrogen-bond donors (Lipinski definition) is 2. The van der Waals surface area contributed by atoms with Gasteiger partial charge in [-0.1, -0.05) is 30.3 Å². The van der Waals surface area contributed by atoms with Crippen LogP contribution in [0.3, 0.4) is 0 Å². The zero-order valence-corrected chi connectivity index (χ0v) is 13.8. The summed E-state index contributed by atoms with van der Waals surface area (Å²) in [6.07, 6.45) is 1.60. The summed E-state index contributed by atoms with van der Waals surface area (Å²) in [7, 11) is 0. The molecule has 1 atom stereocenters. The third kappa shape index (κ3) is 4.38. The number of amides is 1. The van der Waals surface area contributed by atoms with Crippen molar-refractivity contribution in [1.82, 2.24) is 5.32 Å². The number of rotatable bonds is 7. The van der Waals surface area contributed by atoms with E-state index in [2.05, 4.69) is 5.32 Å². The van der Waals surface area contributed by atoms with E-state index in [-0.39, 0.29) is 6.42 Å². The van der Waals surface area contributed by atoms with Gasteiger partial charge in [0.05, 0.1) is 0 Å². The van der Waals surface area contributed by atoms with Crippen LogP contribution in [0.1, 0.15) is 5.56 Å². The van der Waals surface area contributed by atoms with Gasteiger partial charge in [-0.3, -0.25) is 4.79 Å². The number of carboxylic acid groups (broad SMARTS) is 1. The minimum Gasteiger partial charge on any atom is -0.520 e. The zero-order valence-electron chi connectivity index (χ0n) is 11.4. The fourth-order valence-corrected chi connectivity index (χ4v) is 1.83. The van der Waals surface area contributed by atoms with Gasteiger partial charge in [0.2, 0.25) is 0 Å². The van der Waals surface area contributed by atoms with Gasteiger partial charge in [-0.2, -0.15) is 6.41 Å². The molecule has 1 unspecified atom stereocenters. The molecule has 0 aliphatic carbocycles. The van der Waals surface area contributed by atoms with Crippen molar-refractivity contribution in [3.63, 3.8) is 0 Å². The maximum absolute atomic E-state index is 10.9. The summed E-state index contributed by atoms with van der Waals surface area (Å²) in [6.45, 7) is 0.